The van der Waals surface area contributed by atoms with Crippen LogP contribution in [0.5, 0.6) is 0 Å². The predicted octanol–water partition coefficient (Wildman–Crippen LogP) is 1.77. The Kier molecular flexibility index (Phi) is 1.75. The first-order chi connectivity index (χ1) is 8.36. The first kappa shape index (κ1) is 9.37. The molecule has 0 saturated carbocycles. The van der Waals surface area contributed by atoms with Crippen molar-refractivity contribution in [2.75, 3.05) is 0 Å². The van der Waals surface area contributed by atoms with E-state index in [-0.39, 0.29) is 12.0 Å². The van der Waals surface area contributed by atoms with E-state index in [2.05, 4.69) is 53.2 Å². The maximum Gasteiger partial charge on any atom is 0.192 e. The molecule has 2 bridgehead atoms. The molecule has 5 rings (SSSR count). The van der Waals surface area contributed by atoms with Gasteiger partial charge in [0.1, 0.15) is 0 Å². The number of nitrogens with zero attached hydrogens (tertiary/aromatic N) is 1. The molecule has 3 heterocycles. The highest BCUT2D eigenvalue weighted by atomic mass is 16.3. The number of aromatic nitrogens is 1. The lowest BCUT2D eigenvalue weighted by Crippen LogP contribution is -2.55. The summed E-state index contributed by atoms with van der Waals surface area (Å²) in [7, 11) is 0. The van der Waals surface area contributed by atoms with Crippen molar-refractivity contribution in [3.63, 3.8) is 0 Å². The standard InChI is InChI=1S/C15H14NO/c17-14-9-13-10-5-1-2-6-11(10)15(14)12-7-3-4-8-16(12)13/h1-8,13-15,17H,9H2/q+1/t13-,14+,15-/m0/s1. The fraction of sp³-hybridized carbons (Fsp3) is 0.267. The second-order valence-corrected chi connectivity index (χ2v) is 4.96. The van der Waals surface area contributed by atoms with E-state index in [1.807, 2.05) is 0 Å². The summed E-state index contributed by atoms with van der Waals surface area (Å²) in [5.74, 6) is 0.150. The van der Waals surface area contributed by atoms with Crippen LogP contribution in [0.4, 0.5) is 0 Å². The van der Waals surface area contributed by atoms with E-state index in [9.17, 15) is 5.11 Å². The van der Waals surface area contributed by atoms with Gasteiger partial charge < -0.3 is 5.11 Å². The van der Waals surface area contributed by atoms with Gasteiger partial charge in [-0.1, -0.05) is 30.3 Å². The fourth-order valence-corrected chi connectivity index (χ4v) is 3.43. The molecular formula is C15H14NO+. The molecule has 1 aliphatic carbocycles. The van der Waals surface area contributed by atoms with Crippen LogP contribution in [0.15, 0.2) is 48.7 Å². The van der Waals surface area contributed by atoms with Crippen molar-refractivity contribution >= 4 is 0 Å². The molecule has 0 radical (unpaired) electrons. The molecule has 2 aromatic rings. The number of pyridine rings is 1. The van der Waals surface area contributed by atoms with Crippen LogP contribution < -0.4 is 4.57 Å². The Bertz CT molecular complexity index is 545. The van der Waals surface area contributed by atoms with Gasteiger partial charge in [-0.05, 0) is 5.56 Å². The van der Waals surface area contributed by atoms with Crippen molar-refractivity contribution in [3.8, 4) is 0 Å². The smallest absolute Gasteiger partial charge is 0.192 e. The zero-order valence-electron chi connectivity index (χ0n) is 9.45. The van der Waals surface area contributed by atoms with Crippen molar-refractivity contribution in [3.05, 3.63) is 65.5 Å². The minimum atomic E-state index is -0.239. The molecule has 2 nitrogen and oxygen atoms in total. The third-order valence-corrected chi connectivity index (χ3v) is 4.12. The molecule has 1 aromatic heterocycles. The van der Waals surface area contributed by atoms with Crippen LogP contribution >= 0.6 is 0 Å². The molecule has 0 fully saturated rings. The molecule has 1 N–H and O–H groups in total. The molecule has 0 unspecified atom stereocenters. The van der Waals surface area contributed by atoms with Crippen molar-refractivity contribution in [2.45, 2.75) is 24.5 Å². The van der Waals surface area contributed by atoms with Gasteiger partial charge in [-0.25, -0.2) is 0 Å². The Morgan fingerprint density at radius 1 is 1.00 bits per heavy atom. The van der Waals surface area contributed by atoms with Crippen molar-refractivity contribution in [2.24, 2.45) is 0 Å². The highest BCUT2D eigenvalue weighted by molar-refractivity contribution is 5.41. The van der Waals surface area contributed by atoms with Crippen LogP contribution in [0.2, 0.25) is 0 Å². The van der Waals surface area contributed by atoms with Gasteiger partial charge in [-0.3, -0.25) is 0 Å². The lowest BCUT2D eigenvalue weighted by atomic mass is 9.72. The Balaban J connectivity index is 2.04. The molecule has 0 spiro atoms. The minimum absolute atomic E-state index is 0.150. The topological polar surface area (TPSA) is 24.1 Å². The molecule has 0 saturated heterocycles. The third-order valence-electron chi connectivity index (χ3n) is 4.12. The minimum Gasteiger partial charge on any atom is -0.392 e. The van der Waals surface area contributed by atoms with Crippen LogP contribution in [0.25, 0.3) is 0 Å². The summed E-state index contributed by atoms with van der Waals surface area (Å²) < 4.78 is 2.32. The van der Waals surface area contributed by atoms with Crippen LogP contribution in [0, 0.1) is 0 Å². The van der Waals surface area contributed by atoms with Gasteiger partial charge in [0.05, 0.1) is 12.0 Å². The molecule has 1 aromatic carbocycles. The molecule has 84 valence electrons. The number of hydrogen-bond acceptors (Lipinski definition) is 1. The Hall–Kier alpha value is -1.67. The van der Waals surface area contributed by atoms with Crippen molar-refractivity contribution < 1.29 is 9.67 Å². The number of fused-ring (bicyclic) bond motifs is 1. The quantitative estimate of drug-likeness (QED) is 0.678. The van der Waals surface area contributed by atoms with Crippen LogP contribution in [-0.4, -0.2) is 11.2 Å². The van der Waals surface area contributed by atoms with Gasteiger partial charge in [0.15, 0.2) is 17.9 Å². The molecule has 3 aliphatic rings. The molecule has 17 heavy (non-hydrogen) atoms. The molecule has 3 atom stereocenters. The first-order valence-corrected chi connectivity index (χ1v) is 6.13. The van der Waals surface area contributed by atoms with Crippen LogP contribution in [0.3, 0.4) is 0 Å². The maximum atomic E-state index is 10.3. The third kappa shape index (κ3) is 1.11. The maximum absolute atomic E-state index is 10.3. The lowest BCUT2D eigenvalue weighted by Gasteiger charge is -2.37. The first-order valence-electron chi connectivity index (χ1n) is 6.13. The largest absolute Gasteiger partial charge is 0.392 e. The number of aliphatic hydroxyl groups is 1. The monoisotopic (exact) mass is 224 g/mol. The fourth-order valence-electron chi connectivity index (χ4n) is 3.43. The van der Waals surface area contributed by atoms with Crippen molar-refractivity contribution in [1.29, 1.82) is 0 Å². The van der Waals surface area contributed by atoms with E-state index < -0.39 is 0 Å². The molecular weight excluding hydrogens is 210 g/mol. The van der Waals surface area contributed by atoms with E-state index in [4.69, 9.17) is 0 Å². The second-order valence-electron chi connectivity index (χ2n) is 4.96. The second kappa shape index (κ2) is 3.17. The van der Waals surface area contributed by atoms with E-state index in [1.54, 1.807) is 0 Å². The molecule has 0 amide bonds. The van der Waals surface area contributed by atoms with Gasteiger partial charge >= 0.3 is 0 Å². The summed E-state index contributed by atoms with van der Waals surface area (Å²) in [6.45, 7) is 0. The SMILES string of the molecule is O[C@@H]1C[C@H]2c3ccccc3[C@H]1c1cccc[n+]12. The summed E-state index contributed by atoms with van der Waals surface area (Å²) in [6, 6.07) is 15.1. The van der Waals surface area contributed by atoms with E-state index in [0.29, 0.717) is 6.04 Å². The Morgan fingerprint density at radius 3 is 2.65 bits per heavy atom. The number of rotatable bonds is 0. The van der Waals surface area contributed by atoms with Gasteiger partial charge in [-0.2, -0.15) is 4.57 Å². The summed E-state index contributed by atoms with van der Waals surface area (Å²) in [6.07, 6.45) is 2.73. The van der Waals surface area contributed by atoms with Gasteiger partial charge in [0, 0.05) is 24.1 Å². The summed E-state index contributed by atoms with van der Waals surface area (Å²) in [4.78, 5) is 0. The lowest BCUT2D eigenvalue weighted by molar-refractivity contribution is -0.732. The zero-order valence-corrected chi connectivity index (χ0v) is 9.45. The summed E-state index contributed by atoms with van der Waals surface area (Å²) in [5, 5.41) is 10.3. The van der Waals surface area contributed by atoms with Gasteiger partial charge in [-0.15, -0.1) is 0 Å². The number of aliphatic hydroxyl groups excluding tert-OH is 1. The number of hydrogen-bond donors (Lipinski definition) is 1. The van der Waals surface area contributed by atoms with Gasteiger partial charge in [0.2, 0.25) is 0 Å². The average molecular weight is 224 g/mol. The van der Waals surface area contributed by atoms with E-state index >= 15 is 0 Å². The molecule has 2 heteroatoms. The predicted molar refractivity (Wildman–Crippen MR) is 63.7 cm³/mol. The van der Waals surface area contributed by atoms with Crippen LogP contribution in [-0.2, 0) is 0 Å². The highest BCUT2D eigenvalue weighted by Crippen LogP contribution is 2.44. The normalized spacial score (nSPS) is 28.6. The Morgan fingerprint density at radius 2 is 1.76 bits per heavy atom. The molecule has 2 aliphatic heterocycles. The highest BCUT2D eigenvalue weighted by Gasteiger charge is 2.48. The average Bonchev–Trinajstić information content (AvgIpc) is 2.39. The van der Waals surface area contributed by atoms with E-state index in [0.717, 1.165) is 6.42 Å². The van der Waals surface area contributed by atoms with Gasteiger partial charge in [0.25, 0.3) is 0 Å². The van der Waals surface area contributed by atoms with Crippen LogP contribution in [0.1, 0.15) is 35.2 Å². The number of benzene rings is 1. The zero-order chi connectivity index (χ0) is 11.4. The summed E-state index contributed by atoms with van der Waals surface area (Å²) in [5.41, 5.74) is 3.93. The summed E-state index contributed by atoms with van der Waals surface area (Å²) >= 11 is 0. The Labute approximate surface area is 100 Å². The van der Waals surface area contributed by atoms with E-state index in [1.165, 1.54) is 16.8 Å². The van der Waals surface area contributed by atoms with Crippen molar-refractivity contribution in [1.82, 2.24) is 0 Å².